The summed E-state index contributed by atoms with van der Waals surface area (Å²) < 4.78 is 24.0. The van der Waals surface area contributed by atoms with E-state index in [0.717, 1.165) is 16.7 Å². The first-order chi connectivity index (χ1) is 14.7. The number of hydrogen-bond acceptors (Lipinski definition) is 5. The van der Waals surface area contributed by atoms with Crippen molar-refractivity contribution in [2.24, 2.45) is 5.73 Å². The summed E-state index contributed by atoms with van der Waals surface area (Å²) in [5.41, 5.74) is 7.34. The van der Waals surface area contributed by atoms with E-state index in [1.807, 2.05) is 72.8 Å². The van der Waals surface area contributed by atoms with Gasteiger partial charge in [-0.15, -0.1) is 0 Å². The summed E-state index contributed by atoms with van der Waals surface area (Å²) in [6.45, 7) is 0.977. The Morgan fingerprint density at radius 3 is 1.33 bits per heavy atom. The Morgan fingerprint density at radius 2 is 1.00 bits per heavy atom. The van der Waals surface area contributed by atoms with Gasteiger partial charge in [0.05, 0.1) is 21.3 Å². The van der Waals surface area contributed by atoms with Crippen molar-refractivity contribution in [2.75, 3.05) is 34.5 Å². The molecule has 2 N–H and O–H groups in total. The third-order valence-corrected chi connectivity index (χ3v) is 5.13. The summed E-state index contributed by atoms with van der Waals surface area (Å²) in [7, 11) is 4.98. The zero-order valence-corrected chi connectivity index (χ0v) is 17.8. The fraction of sp³-hybridized carbons (Fsp3) is 0.280. The predicted octanol–water partition coefficient (Wildman–Crippen LogP) is 4.37. The monoisotopic (exact) mass is 407 g/mol. The van der Waals surface area contributed by atoms with Crippen molar-refractivity contribution < 1.29 is 18.9 Å². The molecular formula is C25H29NO4. The standard InChI is InChI=1S/C25H29NO4/c1-27-22-14-7-4-11-19(22)25(30-18-10-17-26,20-12-5-8-15-23(20)28-2)21-13-6-9-16-24(21)29-3/h4-9,11-16H,10,17-18,26H2,1-3H3. The van der Waals surface area contributed by atoms with Crippen LogP contribution in [0, 0.1) is 0 Å². The number of methoxy groups -OCH3 is 3. The molecule has 0 aliphatic heterocycles. The molecule has 0 aliphatic carbocycles. The number of benzene rings is 3. The van der Waals surface area contributed by atoms with E-state index in [9.17, 15) is 0 Å². The molecular weight excluding hydrogens is 378 g/mol. The van der Waals surface area contributed by atoms with Crippen molar-refractivity contribution in [3.05, 3.63) is 89.5 Å². The molecule has 0 aromatic heterocycles. The van der Waals surface area contributed by atoms with E-state index in [4.69, 9.17) is 24.7 Å². The van der Waals surface area contributed by atoms with Crippen LogP contribution in [0.15, 0.2) is 72.8 Å². The molecule has 0 fully saturated rings. The third kappa shape index (κ3) is 3.99. The summed E-state index contributed by atoms with van der Waals surface area (Å²) in [5, 5.41) is 0. The Balaban J connectivity index is 2.43. The van der Waals surface area contributed by atoms with E-state index < -0.39 is 5.60 Å². The maximum atomic E-state index is 6.74. The molecule has 0 spiro atoms. The van der Waals surface area contributed by atoms with Crippen LogP contribution >= 0.6 is 0 Å². The van der Waals surface area contributed by atoms with Crippen molar-refractivity contribution in [1.82, 2.24) is 0 Å². The molecule has 158 valence electrons. The van der Waals surface area contributed by atoms with Crippen molar-refractivity contribution in [1.29, 1.82) is 0 Å². The predicted molar refractivity (Wildman–Crippen MR) is 118 cm³/mol. The Morgan fingerprint density at radius 1 is 0.633 bits per heavy atom. The van der Waals surface area contributed by atoms with Gasteiger partial charge in [0.15, 0.2) is 5.60 Å². The van der Waals surface area contributed by atoms with Crippen molar-refractivity contribution in [3.63, 3.8) is 0 Å². The van der Waals surface area contributed by atoms with Gasteiger partial charge in [-0.2, -0.15) is 0 Å². The second-order valence-electron chi connectivity index (χ2n) is 6.77. The van der Waals surface area contributed by atoms with Gasteiger partial charge in [-0.25, -0.2) is 0 Å². The van der Waals surface area contributed by atoms with Crippen LogP contribution < -0.4 is 19.9 Å². The SMILES string of the molecule is COc1ccccc1C(OCCCN)(c1ccccc1OC)c1ccccc1OC. The first-order valence-electron chi connectivity index (χ1n) is 9.97. The Kier molecular flexibility index (Phi) is 7.33. The average molecular weight is 408 g/mol. The molecule has 3 rings (SSSR count). The summed E-state index contributed by atoms with van der Waals surface area (Å²) in [4.78, 5) is 0. The molecule has 0 bridgehead atoms. The van der Waals surface area contributed by atoms with Crippen LogP contribution in [-0.4, -0.2) is 34.5 Å². The lowest BCUT2D eigenvalue weighted by molar-refractivity contribution is 0.00780. The van der Waals surface area contributed by atoms with Crippen LogP contribution in [0.1, 0.15) is 23.1 Å². The van der Waals surface area contributed by atoms with Crippen molar-refractivity contribution >= 4 is 0 Å². The van der Waals surface area contributed by atoms with E-state index in [2.05, 4.69) is 0 Å². The highest BCUT2D eigenvalue weighted by Crippen LogP contribution is 2.50. The third-order valence-electron chi connectivity index (χ3n) is 5.13. The summed E-state index contributed by atoms with van der Waals surface area (Å²) in [6.07, 6.45) is 0.710. The minimum atomic E-state index is -1.03. The van der Waals surface area contributed by atoms with E-state index in [-0.39, 0.29) is 0 Å². The highest BCUT2D eigenvalue weighted by atomic mass is 16.5. The lowest BCUT2D eigenvalue weighted by Crippen LogP contribution is -2.35. The quantitative estimate of drug-likeness (QED) is 0.399. The molecule has 0 unspecified atom stereocenters. The molecule has 5 nitrogen and oxygen atoms in total. The molecule has 0 atom stereocenters. The van der Waals surface area contributed by atoms with Gasteiger partial charge in [0.2, 0.25) is 0 Å². The number of para-hydroxylation sites is 3. The molecule has 0 amide bonds. The van der Waals surface area contributed by atoms with Crippen LogP contribution in [0.25, 0.3) is 0 Å². The number of rotatable bonds is 10. The van der Waals surface area contributed by atoms with E-state index in [1.54, 1.807) is 21.3 Å². The number of ether oxygens (including phenoxy) is 4. The normalized spacial score (nSPS) is 11.2. The molecule has 0 saturated heterocycles. The largest absolute Gasteiger partial charge is 0.496 e. The number of nitrogens with two attached hydrogens (primary N) is 1. The van der Waals surface area contributed by atoms with Gasteiger partial charge >= 0.3 is 0 Å². The summed E-state index contributed by atoms with van der Waals surface area (Å²) >= 11 is 0. The zero-order valence-electron chi connectivity index (χ0n) is 17.8. The maximum Gasteiger partial charge on any atom is 0.154 e. The van der Waals surface area contributed by atoms with Gasteiger partial charge in [0.25, 0.3) is 0 Å². The fourth-order valence-corrected chi connectivity index (χ4v) is 3.78. The van der Waals surface area contributed by atoms with E-state index >= 15 is 0 Å². The van der Waals surface area contributed by atoms with Crippen LogP contribution in [-0.2, 0) is 10.3 Å². The maximum absolute atomic E-state index is 6.74. The fourth-order valence-electron chi connectivity index (χ4n) is 3.78. The molecule has 0 heterocycles. The smallest absolute Gasteiger partial charge is 0.154 e. The van der Waals surface area contributed by atoms with E-state index in [0.29, 0.717) is 36.8 Å². The lowest BCUT2D eigenvalue weighted by Gasteiger charge is -2.38. The van der Waals surface area contributed by atoms with Gasteiger partial charge in [-0.1, -0.05) is 54.6 Å². The molecule has 5 heteroatoms. The minimum absolute atomic E-state index is 0.449. The minimum Gasteiger partial charge on any atom is -0.496 e. The van der Waals surface area contributed by atoms with Crippen LogP contribution in [0.2, 0.25) is 0 Å². The molecule has 3 aromatic carbocycles. The summed E-state index contributed by atoms with van der Waals surface area (Å²) in [5.74, 6) is 2.13. The van der Waals surface area contributed by atoms with Crippen LogP contribution in [0.4, 0.5) is 0 Å². The van der Waals surface area contributed by atoms with Crippen molar-refractivity contribution in [2.45, 2.75) is 12.0 Å². The van der Waals surface area contributed by atoms with Gasteiger partial charge in [-0.3, -0.25) is 0 Å². The molecule has 30 heavy (non-hydrogen) atoms. The highest BCUT2D eigenvalue weighted by molar-refractivity contribution is 5.59. The second-order valence-corrected chi connectivity index (χ2v) is 6.77. The first-order valence-corrected chi connectivity index (χ1v) is 9.97. The average Bonchev–Trinajstić information content (AvgIpc) is 2.82. The van der Waals surface area contributed by atoms with Gasteiger partial charge < -0.3 is 24.7 Å². The Hall–Kier alpha value is -3.02. The van der Waals surface area contributed by atoms with Crippen LogP contribution in [0.3, 0.4) is 0 Å². The molecule has 0 saturated carbocycles. The zero-order chi connectivity index (χ0) is 21.4. The Labute approximate surface area is 178 Å². The number of hydrogen-bond donors (Lipinski definition) is 1. The molecule has 0 aliphatic rings. The molecule has 0 radical (unpaired) electrons. The van der Waals surface area contributed by atoms with Gasteiger partial charge in [-0.05, 0) is 31.2 Å². The van der Waals surface area contributed by atoms with Gasteiger partial charge in [0.1, 0.15) is 17.2 Å². The summed E-state index contributed by atoms with van der Waals surface area (Å²) in [6, 6.07) is 23.6. The van der Waals surface area contributed by atoms with Crippen molar-refractivity contribution in [3.8, 4) is 17.2 Å². The van der Waals surface area contributed by atoms with E-state index in [1.165, 1.54) is 0 Å². The first kappa shape index (κ1) is 21.7. The molecule has 3 aromatic rings. The van der Waals surface area contributed by atoms with Crippen LogP contribution in [0.5, 0.6) is 17.2 Å². The van der Waals surface area contributed by atoms with Gasteiger partial charge in [0, 0.05) is 23.3 Å². The lowest BCUT2D eigenvalue weighted by atomic mass is 9.78. The highest BCUT2D eigenvalue weighted by Gasteiger charge is 2.44. The second kappa shape index (κ2) is 10.1. The topological polar surface area (TPSA) is 62.9 Å². The Bertz CT molecular complexity index is 841.